The molecule has 0 aliphatic heterocycles. The van der Waals surface area contributed by atoms with Crippen LogP contribution in [0.4, 0.5) is 0 Å². The minimum atomic E-state index is 0.599. The first-order valence-corrected chi connectivity index (χ1v) is 7.08. The molecule has 1 atom stereocenters. The summed E-state index contributed by atoms with van der Waals surface area (Å²) in [6, 6.07) is 9.02. The van der Waals surface area contributed by atoms with Crippen LogP contribution in [-0.2, 0) is 6.54 Å². The van der Waals surface area contributed by atoms with Crippen molar-refractivity contribution in [1.29, 1.82) is 0 Å². The lowest BCUT2D eigenvalue weighted by Gasteiger charge is -2.20. The molecular formula is C14H23BrN2. The fourth-order valence-corrected chi connectivity index (χ4v) is 2.27. The Morgan fingerprint density at radius 2 is 2.06 bits per heavy atom. The minimum absolute atomic E-state index is 0.599. The second-order valence-electron chi connectivity index (χ2n) is 4.58. The molecule has 0 aromatic heterocycles. The van der Waals surface area contributed by atoms with Crippen molar-refractivity contribution in [2.45, 2.75) is 32.9 Å². The van der Waals surface area contributed by atoms with E-state index < -0.39 is 0 Å². The van der Waals surface area contributed by atoms with Crippen LogP contribution < -0.4 is 5.32 Å². The average Bonchev–Trinajstić information content (AvgIpc) is 2.30. The van der Waals surface area contributed by atoms with Gasteiger partial charge in [0.1, 0.15) is 0 Å². The van der Waals surface area contributed by atoms with Crippen LogP contribution in [0.3, 0.4) is 0 Å². The van der Waals surface area contributed by atoms with E-state index in [1.165, 1.54) is 16.5 Å². The Bertz CT molecular complexity index is 328. The summed E-state index contributed by atoms with van der Waals surface area (Å²) in [5.41, 5.74) is 1.35. The maximum absolute atomic E-state index is 3.59. The molecule has 0 fully saturated rings. The topological polar surface area (TPSA) is 15.3 Å². The number of hydrogen-bond donors (Lipinski definition) is 1. The van der Waals surface area contributed by atoms with Gasteiger partial charge in [-0.3, -0.25) is 0 Å². The summed E-state index contributed by atoms with van der Waals surface area (Å²) in [6.07, 6.45) is 1.19. The molecule has 0 saturated heterocycles. The van der Waals surface area contributed by atoms with Crippen LogP contribution in [-0.4, -0.2) is 31.1 Å². The van der Waals surface area contributed by atoms with E-state index in [4.69, 9.17) is 0 Å². The zero-order valence-electron chi connectivity index (χ0n) is 11.0. The molecule has 96 valence electrons. The third-order valence-electron chi connectivity index (χ3n) is 2.89. The number of benzene rings is 1. The van der Waals surface area contributed by atoms with Gasteiger partial charge < -0.3 is 10.2 Å². The van der Waals surface area contributed by atoms with E-state index in [0.717, 1.165) is 19.6 Å². The SMILES string of the molecule is CCNC(C)CCN(C)Cc1ccccc1Br. The highest BCUT2D eigenvalue weighted by molar-refractivity contribution is 9.10. The Labute approximate surface area is 114 Å². The van der Waals surface area contributed by atoms with Crippen molar-refractivity contribution in [1.82, 2.24) is 10.2 Å². The Morgan fingerprint density at radius 3 is 2.71 bits per heavy atom. The zero-order valence-corrected chi connectivity index (χ0v) is 12.6. The lowest BCUT2D eigenvalue weighted by atomic mass is 10.2. The molecule has 0 heterocycles. The zero-order chi connectivity index (χ0) is 12.7. The summed E-state index contributed by atoms with van der Waals surface area (Å²) in [6.45, 7) is 7.57. The minimum Gasteiger partial charge on any atom is -0.314 e. The molecule has 3 heteroatoms. The van der Waals surface area contributed by atoms with Gasteiger partial charge in [-0.15, -0.1) is 0 Å². The maximum Gasteiger partial charge on any atom is 0.0241 e. The first-order chi connectivity index (χ1) is 8.13. The van der Waals surface area contributed by atoms with Gasteiger partial charge in [-0.25, -0.2) is 0 Å². The van der Waals surface area contributed by atoms with Gasteiger partial charge in [0.05, 0.1) is 0 Å². The number of rotatable bonds is 7. The lowest BCUT2D eigenvalue weighted by molar-refractivity contribution is 0.304. The highest BCUT2D eigenvalue weighted by Gasteiger charge is 2.05. The monoisotopic (exact) mass is 298 g/mol. The van der Waals surface area contributed by atoms with Crippen LogP contribution in [0.5, 0.6) is 0 Å². The molecular weight excluding hydrogens is 276 g/mol. The van der Waals surface area contributed by atoms with Gasteiger partial charge in [-0.2, -0.15) is 0 Å². The molecule has 0 radical (unpaired) electrons. The van der Waals surface area contributed by atoms with E-state index in [9.17, 15) is 0 Å². The van der Waals surface area contributed by atoms with Gasteiger partial charge in [0.25, 0.3) is 0 Å². The normalized spacial score (nSPS) is 13.0. The molecule has 0 aliphatic carbocycles. The first-order valence-electron chi connectivity index (χ1n) is 6.28. The van der Waals surface area contributed by atoms with Crippen molar-refractivity contribution in [3.63, 3.8) is 0 Å². The van der Waals surface area contributed by atoms with Crippen molar-refractivity contribution in [3.8, 4) is 0 Å². The molecule has 2 nitrogen and oxygen atoms in total. The third kappa shape index (κ3) is 5.66. The highest BCUT2D eigenvalue weighted by atomic mass is 79.9. The summed E-state index contributed by atoms with van der Waals surface area (Å²) >= 11 is 3.59. The molecule has 0 bridgehead atoms. The van der Waals surface area contributed by atoms with Crippen LogP contribution in [0.2, 0.25) is 0 Å². The van der Waals surface area contributed by atoms with Crippen molar-refractivity contribution < 1.29 is 0 Å². The van der Waals surface area contributed by atoms with Crippen LogP contribution in [0, 0.1) is 0 Å². The van der Waals surface area contributed by atoms with Crippen LogP contribution in [0.15, 0.2) is 28.7 Å². The molecule has 0 amide bonds. The number of halogens is 1. The summed E-state index contributed by atoms with van der Waals surface area (Å²) in [5, 5.41) is 3.44. The molecule has 1 aromatic rings. The van der Waals surface area contributed by atoms with Crippen molar-refractivity contribution in [2.75, 3.05) is 20.1 Å². The lowest BCUT2D eigenvalue weighted by Crippen LogP contribution is -2.30. The van der Waals surface area contributed by atoms with Crippen molar-refractivity contribution in [3.05, 3.63) is 34.3 Å². The largest absolute Gasteiger partial charge is 0.314 e. The van der Waals surface area contributed by atoms with Gasteiger partial charge >= 0.3 is 0 Å². The maximum atomic E-state index is 3.59. The second kappa shape index (κ2) is 7.85. The van der Waals surface area contributed by atoms with E-state index in [1.54, 1.807) is 0 Å². The van der Waals surface area contributed by atoms with E-state index in [0.29, 0.717) is 6.04 Å². The predicted molar refractivity (Wildman–Crippen MR) is 78.2 cm³/mol. The molecule has 1 rings (SSSR count). The molecule has 0 spiro atoms. The number of nitrogens with one attached hydrogen (secondary N) is 1. The second-order valence-corrected chi connectivity index (χ2v) is 5.43. The Hall–Kier alpha value is -0.380. The first kappa shape index (κ1) is 14.7. The molecule has 1 aromatic carbocycles. The predicted octanol–water partition coefficient (Wildman–Crippen LogP) is 3.27. The summed E-state index contributed by atoms with van der Waals surface area (Å²) in [4.78, 5) is 2.37. The number of nitrogens with zero attached hydrogens (tertiary/aromatic N) is 1. The van der Waals surface area contributed by atoms with Crippen LogP contribution in [0.1, 0.15) is 25.8 Å². The number of hydrogen-bond acceptors (Lipinski definition) is 2. The smallest absolute Gasteiger partial charge is 0.0241 e. The van der Waals surface area contributed by atoms with Crippen molar-refractivity contribution >= 4 is 15.9 Å². The fraction of sp³-hybridized carbons (Fsp3) is 0.571. The van der Waals surface area contributed by atoms with Crippen LogP contribution in [0.25, 0.3) is 0 Å². The van der Waals surface area contributed by atoms with Gasteiger partial charge in [0.2, 0.25) is 0 Å². The molecule has 0 saturated carbocycles. The molecule has 0 aliphatic rings. The molecule has 1 N–H and O–H groups in total. The Morgan fingerprint density at radius 1 is 1.35 bits per heavy atom. The third-order valence-corrected chi connectivity index (χ3v) is 3.67. The summed E-state index contributed by atoms with van der Waals surface area (Å²) < 4.78 is 1.20. The fourth-order valence-electron chi connectivity index (χ4n) is 1.86. The summed E-state index contributed by atoms with van der Waals surface area (Å²) in [5.74, 6) is 0. The quantitative estimate of drug-likeness (QED) is 0.831. The van der Waals surface area contributed by atoms with Gasteiger partial charge in [-0.1, -0.05) is 41.1 Å². The standard InChI is InChI=1S/C14H23BrN2/c1-4-16-12(2)9-10-17(3)11-13-7-5-6-8-14(13)15/h5-8,12,16H,4,9-11H2,1-3H3. The average molecular weight is 299 g/mol. The van der Waals surface area contributed by atoms with Gasteiger partial charge in [0, 0.05) is 17.1 Å². The Kier molecular flexibility index (Phi) is 6.78. The molecule has 1 unspecified atom stereocenters. The van der Waals surface area contributed by atoms with E-state index >= 15 is 0 Å². The van der Waals surface area contributed by atoms with Crippen LogP contribution >= 0.6 is 15.9 Å². The van der Waals surface area contributed by atoms with Gasteiger partial charge in [-0.05, 0) is 45.1 Å². The summed E-state index contributed by atoms with van der Waals surface area (Å²) in [7, 11) is 2.18. The van der Waals surface area contributed by atoms with E-state index in [2.05, 4.69) is 71.3 Å². The van der Waals surface area contributed by atoms with Crippen molar-refractivity contribution in [2.24, 2.45) is 0 Å². The van der Waals surface area contributed by atoms with E-state index in [1.807, 2.05) is 0 Å². The molecule has 17 heavy (non-hydrogen) atoms. The Balaban J connectivity index is 2.34. The van der Waals surface area contributed by atoms with E-state index in [-0.39, 0.29) is 0 Å². The highest BCUT2D eigenvalue weighted by Crippen LogP contribution is 2.17. The van der Waals surface area contributed by atoms with Gasteiger partial charge in [0.15, 0.2) is 0 Å².